The highest BCUT2D eigenvalue weighted by molar-refractivity contribution is 5.37. The zero-order chi connectivity index (χ0) is 12.6. The summed E-state index contributed by atoms with van der Waals surface area (Å²) in [6.07, 6.45) is 5.93. The Labute approximate surface area is 106 Å². The maximum Gasteiger partial charge on any atom is 0.177 e. The summed E-state index contributed by atoms with van der Waals surface area (Å²) < 4.78 is 1.88. The summed E-state index contributed by atoms with van der Waals surface area (Å²) in [5.74, 6) is 0.948. The molecule has 3 rings (SSSR count). The van der Waals surface area contributed by atoms with Gasteiger partial charge in [-0.2, -0.15) is 9.61 Å². The molecule has 0 unspecified atom stereocenters. The average Bonchev–Trinajstić information content (AvgIpc) is 2.83. The summed E-state index contributed by atoms with van der Waals surface area (Å²) in [5.41, 5.74) is 7.81. The molecule has 1 saturated carbocycles. The van der Waals surface area contributed by atoms with Crippen molar-refractivity contribution in [3.8, 4) is 0 Å². The van der Waals surface area contributed by atoms with Gasteiger partial charge in [-0.25, -0.2) is 0 Å². The van der Waals surface area contributed by atoms with Crippen LogP contribution in [0, 0.1) is 6.92 Å². The Morgan fingerprint density at radius 1 is 1.22 bits per heavy atom. The Morgan fingerprint density at radius 3 is 2.72 bits per heavy atom. The summed E-state index contributed by atoms with van der Waals surface area (Å²) >= 11 is 0. The van der Waals surface area contributed by atoms with Crippen LogP contribution in [0.1, 0.15) is 43.6 Å². The Morgan fingerprint density at radius 2 is 2.00 bits per heavy atom. The van der Waals surface area contributed by atoms with Crippen molar-refractivity contribution in [1.29, 1.82) is 0 Å². The molecule has 2 heterocycles. The first-order valence-corrected chi connectivity index (χ1v) is 6.65. The van der Waals surface area contributed by atoms with Gasteiger partial charge in [-0.05, 0) is 31.9 Å². The van der Waals surface area contributed by atoms with Gasteiger partial charge in [0.15, 0.2) is 11.5 Å². The van der Waals surface area contributed by atoms with Gasteiger partial charge in [0.2, 0.25) is 0 Å². The van der Waals surface area contributed by atoms with Gasteiger partial charge >= 0.3 is 0 Å². The van der Waals surface area contributed by atoms with Crippen LogP contribution in [-0.2, 0) is 5.41 Å². The second-order valence-electron chi connectivity index (χ2n) is 5.31. The molecule has 96 valence electrons. The maximum absolute atomic E-state index is 6.05. The standard InChI is InChI=1S/C13H19N5/c1-10-5-6-11-15-16-12(18(11)17-10)13(9-14)7-3-2-4-8-13/h5-6H,2-4,7-9,14H2,1H3. The molecule has 1 aliphatic rings. The van der Waals surface area contributed by atoms with Gasteiger partial charge in [0, 0.05) is 12.0 Å². The molecule has 1 fully saturated rings. The average molecular weight is 245 g/mol. The van der Waals surface area contributed by atoms with E-state index in [4.69, 9.17) is 5.73 Å². The molecular weight excluding hydrogens is 226 g/mol. The largest absolute Gasteiger partial charge is 0.329 e. The van der Waals surface area contributed by atoms with E-state index in [2.05, 4.69) is 15.3 Å². The molecule has 0 spiro atoms. The van der Waals surface area contributed by atoms with E-state index in [-0.39, 0.29) is 5.41 Å². The second-order valence-corrected chi connectivity index (χ2v) is 5.31. The fraction of sp³-hybridized carbons (Fsp3) is 0.615. The summed E-state index contributed by atoms with van der Waals surface area (Å²) in [4.78, 5) is 0. The Hall–Kier alpha value is -1.49. The molecule has 0 bridgehead atoms. The monoisotopic (exact) mass is 245 g/mol. The van der Waals surface area contributed by atoms with Crippen LogP contribution in [0.15, 0.2) is 12.1 Å². The lowest BCUT2D eigenvalue weighted by Gasteiger charge is -2.34. The lowest BCUT2D eigenvalue weighted by molar-refractivity contribution is 0.281. The number of hydrogen-bond acceptors (Lipinski definition) is 4. The van der Waals surface area contributed by atoms with E-state index in [1.165, 1.54) is 19.3 Å². The van der Waals surface area contributed by atoms with Crippen LogP contribution >= 0.6 is 0 Å². The Bertz CT molecular complexity index is 554. The van der Waals surface area contributed by atoms with Crippen LogP contribution in [0.3, 0.4) is 0 Å². The highest BCUT2D eigenvalue weighted by Crippen LogP contribution is 2.37. The van der Waals surface area contributed by atoms with Gasteiger partial charge in [0.1, 0.15) is 0 Å². The van der Waals surface area contributed by atoms with Crippen molar-refractivity contribution in [2.45, 2.75) is 44.4 Å². The first-order valence-electron chi connectivity index (χ1n) is 6.65. The number of aromatic nitrogens is 4. The van der Waals surface area contributed by atoms with Crippen LogP contribution in [-0.4, -0.2) is 26.4 Å². The fourth-order valence-electron chi connectivity index (χ4n) is 2.96. The van der Waals surface area contributed by atoms with Crippen LogP contribution < -0.4 is 5.73 Å². The number of fused-ring (bicyclic) bond motifs is 1. The van der Waals surface area contributed by atoms with E-state index in [0.717, 1.165) is 30.0 Å². The van der Waals surface area contributed by atoms with Crippen molar-refractivity contribution >= 4 is 5.65 Å². The van der Waals surface area contributed by atoms with Crippen molar-refractivity contribution in [3.63, 3.8) is 0 Å². The van der Waals surface area contributed by atoms with E-state index in [1.807, 2.05) is 23.6 Å². The third-order valence-corrected chi connectivity index (χ3v) is 4.07. The molecule has 5 heteroatoms. The maximum atomic E-state index is 6.05. The summed E-state index contributed by atoms with van der Waals surface area (Å²) in [6, 6.07) is 3.93. The van der Waals surface area contributed by atoms with E-state index in [9.17, 15) is 0 Å². The normalized spacial score (nSPS) is 19.2. The van der Waals surface area contributed by atoms with E-state index in [1.54, 1.807) is 0 Å². The van der Waals surface area contributed by atoms with E-state index < -0.39 is 0 Å². The zero-order valence-corrected chi connectivity index (χ0v) is 10.8. The van der Waals surface area contributed by atoms with Crippen LogP contribution in [0.25, 0.3) is 5.65 Å². The predicted octanol–water partition coefficient (Wildman–Crippen LogP) is 1.59. The summed E-state index contributed by atoms with van der Waals surface area (Å²) in [6.45, 7) is 2.61. The highest BCUT2D eigenvalue weighted by Gasteiger charge is 2.37. The molecule has 0 saturated heterocycles. The van der Waals surface area contributed by atoms with Crippen molar-refractivity contribution in [2.75, 3.05) is 6.54 Å². The smallest absolute Gasteiger partial charge is 0.177 e. The molecule has 2 aromatic heterocycles. The molecule has 18 heavy (non-hydrogen) atoms. The van der Waals surface area contributed by atoms with Crippen LogP contribution in [0.4, 0.5) is 0 Å². The minimum absolute atomic E-state index is 0.0293. The van der Waals surface area contributed by atoms with Gasteiger partial charge in [-0.15, -0.1) is 10.2 Å². The lowest BCUT2D eigenvalue weighted by Crippen LogP contribution is -2.39. The van der Waals surface area contributed by atoms with Crippen molar-refractivity contribution in [2.24, 2.45) is 5.73 Å². The molecule has 2 aromatic rings. The summed E-state index contributed by atoms with van der Waals surface area (Å²) in [7, 11) is 0. The highest BCUT2D eigenvalue weighted by atomic mass is 15.4. The lowest BCUT2D eigenvalue weighted by atomic mass is 9.73. The molecule has 5 nitrogen and oxygen atoms in total. The number of rotatable bonds is 2. The third-order valence-electron chi connectivity index (χ3n) is 4.07. The molecule has 2 N–H and O–H groups in total. The quantitative estimate of drug-likeness (QED) is 0.872. The molecule has 0 radical (unpaired) electrons. The first kappa shape index (κ1) is 11.6. The number of hydrogen-bond donors (Lipinski definition) is 1. The molecule has 0 aromatic carbocycles. The van der Waals surface area contributed by atoms with Crippen molar-refractivity contribution in [3.05, 3.63) is 23.7 Å². The van der Waals surface area contributed by atoms with Gasteiger partial charge < -0.3 is 5.73 Å². The van der Waals surface area contributed by atoms with Gasteiger partial charge in [-0.3, -0.25) is 0 Å². The van der Waals surface area contributed by atoms with Crippen molar-refractivity contribution in [1.82, 2.24) is 19.8 Å². The minimum Gasteiger partial charge on any atom is -0.329 e. The molecule has 1 aliphatic carbocycles. The molecule has 0 aliphatic heterocycles. The second kappa shape index (κ2) is 4.31. The number of aryl methyl sites for hydroxylation is 1. The Kier molecular flexibility index (Phi) is 2.78. The number of nitrogens with two attached hydrogens (primary N) is 1. The summed E-state index contributed by atoms with van der Waals surface area (Å²) in [5, 5.41) is 13.1. The van der Waals surface area contributed by atoms with E-state index >= 15 is 0 Å². The van der Waals surface area contributed by atoms with Gasteiger partial charge in [0.25, 0.3) is 0 Å². The third kappa shape index (κ3) is 1.70. The number of nitrogens with zero attached hydrogens (tertiary/aromatic N) is 4. The predicted molar refractivity (Wildman–Crippen MR) is 69.3 cm³/mol. The fourth-order valence-corrected chi connectivity index (χ4v) is 2.96. The molecular formula is C13H19N5. The Balaban J connectivity index is 2.14. The zero-order valence-electron chi connectivity index (χ0n) is 10.8. The van der Waals surface area contributed by atoms with Gasteiger partial charge in [0.05, 0.1) is 5.69 Å². The van der Waals surface area contributed by atoms with E-state index in [0.29, 0.717) is 6.54 Å². The molecule has 0 amide bonds. The van der Waals surface area contributed by atoms with Crippen molar-refractivity contribution < 1.29 is 0 Å². The van der Waals surface area contributed by atoms with Crippen LogP contribution in [0.2, 0.25) is 0 Å². The van der Waals surface area contributed by atoms with Crippen LogP contribution in [0.5, 0.6) is 0 Å². The topological polar surface area (TPSA) is 69.1 Å². The minimum atomic E-state index is -0.0293. The molecule has 0 atom stereocenters. The first-order chi connectivity index (χ1) is 8.75. The van der Waals surface area contributed by atoms with Gasteiger partial charge in [-0.1, -0.05) is 19.3 Å². The SMILES string of the molecule is Cc1ccc2nnc(C3(CN)CCCCC3)n2n1.